The average Bonchev–Trinajstić information content (AvgIpc) is 3.01. The highest BCUT2D eigenvalue weighted by Gasteiger charge is 2.33. The smallest absolute Gasteiger partial charge is 0.192 e. The highest BCUT2D eigenvalue weighted by atomic mass is 28.4. The topological polar surface area (TPSA) is 35.5 Å². The molecular formula is C22H38O3Si. The summed E-state index contributed by atoms with van der Waals surface area (Å²) < 4.78 is 12.9. The Hall–Kier alpha value is -0.933. The normalized spacial score (nSPS) is 21.5. The Bertz CT molecular complexity index is 495. The standard InChI is InChI=1S/C22H38O3Si/c1-7-18(5)16-21(25-26(8-2,9-3)10-4)13-14-22-19(6)17-20(24-22)12-11-15-23/h15,20-22H,1,6,8-14,16-17H2,2-5H3/t20?,21-,22-/m0/s1. The predicted octanol–water partition coefficient (Wildman–Crippen LogP) is 5.97. The molecular weight excluding hydrogens is 340 g/mol. The van der Waals surface area contributed by atoms with E-state index in [-0.39, 0.29) is 18.3 Å². The summed E-state index contributed by atoms with van der Waals surface area (Å²) in [6, 6.07) is 3.48. The molecule has 0 amide bonds. The molecule has 0 aromatic rings. The van der Waals surface area contributed by atoms with E-state index in [2.05, 4.69) is 46.6 Å². The van der Waals surface area contributed by atoms with Gasteiger partial charge in [0.05, 0.1) is 12.2 Å². The first kappa shape index (κ1) is 23.1. The van der Waals surface area contributed by atoms with Crippen LogP contribution in [0.1, 0.15) is 66.2 Å². The zero-order chi connectivity index (χ0) is 19.6. The highest BCUT2D eigenvalue weighted by molar-refractivity contribution is 6.73. The summed E-state index contributed by atoms with van der Waals surface area (Å²) in [4.78, 5) is 10.6. The third kappa shape index (κ3) is 7.00. The van der Waals surface area contributed by atoms with Crippen LogP contribution < -0.4 is 0 Å². The van der Waals surface area contributed by atoms with Crippen LogP contribution in [0, 0.1) is 0 Å². The summed E-state index contributed by atoms with van der Waals surface area (Å²) in [6.45, 7) is 16.9. The molecule has 1 unspecified atom stereocenters. The molecule has 1 aliphatic rings. The van der Waals surface area contributed by atoms with Crippen LogP contribution in [0.5, 0.6) is 0 Å². The van der Waals surface area contributed by atoms with Crippen molar-refractivity contribution in [2.45, 2.75) is 103 Å². The van der Waals surface area contributed by atoms with Crippen molar-refractivity contribution in [3.63, 3.8) is 0 Å². The summed E-state index contributed by atoms with van der Waals surface area (Å²) in [6.07, 6.45) is 6.49. The van der Waals surface area contributed by atoms with Crippen LogP contribution in [0.2, 0.25) is 18.1 Å². The fourth-order valence-corrected chi connectivity index (χ4v) is 6.71. The summed E-state index contributed by atoms with van der Waals surface area (Å²) in [7, 11) is -1.65. The van der Waals surface area contributed by atoms with E-state index in [4.69, 9.17) is 9.16 Å². The maximum Gasteiger partial charge on any atom is 0.192 e. The van der Waals surface area contributed by atoms with Crippen LogP contribution in [0.25, 0.3) is 0 Å². The lowest BCUT2D eigenvalue weighted by atomic mass is 9.99. The average molecular weight is 379 g/mol. The number of carbonyl (C=O) groups is 1. The largest absolute Gasteiger partial charge is 0.414 e. The fraction of sp³-hybridized carbons (Fsp3) is 0.727. The molecule has 26 heavy (non-hydrogen) atoms. The Balaban J connectivity index is 2.69. The van der Waals surface area contributed by atoms with Gasteiger partial charge in [-0.1, -0.05) is 33.9 Å². The van der Waals surface area contributed by atoms with Crippen LogP contribution in [-0.4, -0.2) is 32.9 Å². The molecule has 3 atom stereocenters. The Labute approximate surface area is 161 Å². The van der Waals surface area contributed by atoms with Gasteiger partial charge < -0.3 is 14.0 Å². The molecule has 0 radical (unpaired) electrons. The van der Waals surface area contributed by atoms with Gasteiger partial charge >= 0.3 is 0 Å². The lowest BCUT2D eigenvalue weighted by molar-refractivity contribution is -0.108. The van der Waals surface area contributed by atoms with Gasteiger partial charge in [0, 0.05) is 18.9 Å². The first-order valence-electron chi connectivity index (χ1n) is 10.2. The summed E-state index contributed by atoms with van der Waals surface area (Å²) in [5, 5.41) is 0. The number of hydrogen-bond donors (Lipinski definition) is 0. The first-order valence-corrected chi connectivity index (χ1v) is 12.8. The van der Waals surface area contributed by atoms with Crippen molar-refractivity contribution in [2.24, 2.45) is 0 Å². The molecule has 1 rings (SSSR count). The quantitative estimate of drug-likeness (QED) is 0.171. The molecule has 0 bridgehead atoms. The Morgan fingerprint density at radius 3 is 2.54 bits per heavy atom. The second-order valence-electron chi connectivity index (χ2n) is 7.58. The van der Waals surface area contributed by atoms with Crippen LogP contribution in [0.4, 0.5) is 0 Å². The van der Waals surface area contributed by atoms with E-state index in [9.17, 15) is 4.79 Å². The number of rotatable bonds is 13. The lowest BCUT2D eigenvalue weighted by Gasteiger charge is -2.34. The fourth-order valence-electron chi connectivity index (χ4n) is 3.80. The zero-order valence-electron chi connectivity index (χ0n) is 17.3. The summed E-state index contributed by atoms with van der Waals surface area (Å²) in [5.74, 6) is 0. The van der Waals surface area contributed by atoms with Gasteiger partial charge in [0.2, 0.25) is 0 Å². The van der Waals surface area contributed by atoms with E-state index in [1.54, 1.807) is 0 Å². The van der Waals surface area contributed by atoms with Crippen molar-refractivity contribution < 1.29 is 14.0 Å². The van der Waals surface area contributed by atoms with E-state index >= 15 is 0 Å². The molecule has 3 nitrogen and oxygen atoms in total. The van der Waals surface area contributed by atoms with Gasteiger partial charge in [0.15, 0.2) is 8.32 Å². The number of hydrogen-bond acceptors (Lipinski definition) is 3. The molecule has 0 aromatic heterocycles. The van der Waals surface area contributed by atoms with Crippen LogP contribution >= 0.6 is 0 Å². The number of ether oxygens (including phenoxy) is 1. The molecule has 1 saturated heterocycles. The maximum atomic E-state index is 10.6. The van der Waals surface area contributed by atoms with Crippen LogP contribution in [0.3, 0.4) is 0 Å². The van der Waals surface area contributed by atoms with Crippen molar-refractivity contribution in [3.05, 3.63) is 30.0 Å². The molecule has 0 N–H and O–H groups in total. The van der Waals surface area contributed by atoms with Gasteiger partial charge in [-0.3, -0.25) is 0 Å². The van der Waals surface area contributed by atoms with Crippen LogP contribution in [-0.2, 0) is 14.0 Å². The zero-order valence-corrected chi connectivity index (χ0v) is 18.3. The molecule has 1 fully saturated rings. The molecule has 1 aliphatic heterocycles. The Kier molecular flexibility index (Phi) is 10.4. The number of aldehydes is 1. The van der Waals surface area contributed by atoms with Gasteiger partial charge in [-0.15, -0.1) is 5.73 Å². The van der Waals surface area contributed by atoms with Gasteiger partial charge in [0.25, 0.3) is 0 Å². The number of carbonyl (C=O) groups excluding carboxylic acids is 1. The minimum absolute atomic E-state index is 0.103. The molecule has 4 heteroatoms. The van der Waals surface area contributed by atoms with Crippen LogP contribution in [0.15, 0.2) is 30.0 Å². The minimum atomic E-state index is -1.65. The van der Waals surface area contributed by atoms with E-state index in [1.807, 2.05) is 0 Å². The second kappa shape index (κ2) is 11.7. The van der Waals surface area contributed by atoms with Crippen molar-refractivity contribution in [3.8, 4) is 0 Å². The third-order valence-electron chi connectivity index (χ3n) is 5.84. The van der Waals surface area contributed by atoms with Crippen molar-refractivity contribution >= 4 is 14.6 Å². The van der Waals surface area contributed by atoms with E-state index in [1.165, 1.54) is 5.57 Å². The summed E-state index contributed by atoms with van der Waals surface area (Å²) >= 11 is 0. The van der Waals surface area contributed by atoms with Crippen molar-refractivity contribution in [2.75, 3.05) is 0 Å². The Morgan fingerprint density at radius 1 is 1.35 bits per heavy atom. The van der Waals surface area contributed by atoms with Gasteiger partial charge in [-0.25, -0.2) is 0 Å². The molecule has 1 heterocycles. The Morgan fingerprint density at radius 2 is 2.00 bits per heavy atom. The monoisotopic (exact) mass is 378 g/mol. The van der Waals surface area contributed by atoms with Gasteiger partial charge in [0.1, 0.15) is 6.29 Å². The SMILES string of the molecule is C=C=C(C)C[C@H](CC[C@@H]1OC(CCC=O)CC1=C)O[Si](CC)(CC)CC. The third-order valence-corrected chi connectivity index (χ3v) is 10.5. The van der Waals surface area contributed by atoms with E-state index in [0.29, 0.717) is 6.42 Å². The first-order chi connectivity index (χ1) is 12.4. The highest BCUT2D eigenvalue weighted by Crippen LogP contribution is 2.32. The minimum Gasteiger partial charge on any atom is -0.414 e. The van der Waals surface area contributed by atoms with Gasteiger partial charge in [-0.05, 0) is 61.9 Å². The van der Waals surface area contributed by atoms with E-state index in [0.717, 1.165) is 62.1 Å². The van der Waals surface area contributed by atoms with Gasteiger partial charge in [-0.2, -0.15) is 0 Å². The predicted molar refractivity (Wildman–Crippen MR) is 112 cm³/mol. The lowest BCUT2D eigenvalue weighted by Crippen LogP contribution is -2.40. The molecule has 0 aliphatic carbocycles. The molecule has 0 aromatic carbocycles. The van der Waals surface area contributed by atoms with E-state index < -0.39 is 8.32 Å². The van der Waals surface area contributed by atoms with Crippen molar-refractivity contribution in [1.82, 2.24) is 0 Å². The molecule has 148 valence electrons. The summed E-state index contributed by atoms with van der Waals surface area (Å²) in [5.41, 5.74) is 5.35. The second-order valence-corrected chi connectivity index (χ2v) is 12.3. The molecule has 0 saturated carbocycles. The van der Waals surface area contributed by atoms with Crippen molar-refractivity contribution in [1.29, 1.82) is 0 Å². The maximum absolute atomic E-state index is 10.6. The molecule has 0 spiro atoms.